The normalized spacial score (nSPS) is 12.8. The second-order valence-corrected chi connectivity index (χ2v) is 5.87. The summed E-state index contributed by atoms with van der Waals surface area (Å²) in [5.41, 5.74) is 0. The summed E-state index contributed by atoms with van der Waals surface area (Å²) >= 11 is 1.90. The van der Waals surface area contributed by atoms with Crippen molar-refractivity contribution in [1.29, 1.82) is 0 Å². The van der Waals surface area contributed by atoms with E-state index in [0.717, 1.165) is 38.6 Å². The van der Waals surface area contributed by atoms with Crippen LogP contribution in [-0.4, -0.2) is 64.7 Å². The molecule has 20 heavy (non-hydrogen) atoms. The van der Waals surface area contributed by atoms with Gasteiger partial charge in [-0.15, -0.1) is 0 Å². The maximum atomic E-state index is 5.49. The molecule has 0 aliphatic rings. The van der Waals surface area contributed by atoms with Crippen LogP contribution >= 0.6 is 11.8 Å². The van der Waals surface area contributed by atoms with Gasteiger partial charge in [0.05, 0.1) is 33.0 Å². The van der Waals surface area contributed by atoms with Crippen LogP contribution in [0.15, 0.2) is 0 Å². The second kappa shape index (κ2) is 17.2. The van der Waals surface area contributed by atoms with Crippen molar-refractivity contribution in [3.05, 3.63) is 0 Å². The zero-order valence-electron chi connectivity index (χ0n) is 13.5. The van der Waals surface area contributed by atoms with Gasteiger partial charge in [-0.2, -0.15) is 11.8 Å². The van der Waals surface area contributed by atoms with Gasteiger partial charge >= 0.3 is 0 Å². The van der Waals surface area contributed by atoms with Gasteiger partial charge in [0, 0.05) is 13.2 Å². The predicted molar refractivity (Wildman–Crippen MR) is 87.8 cm³/mol. The van der Waals surface area contributed by atoms with E-state index in [1.165, 1.54) is 12.2 Å². The van der Waals surface area contributed by atoms with E-state index in [-0.39, 0.29) is 0 Å². The summed E-state index contributed by atoms with van der Waals surface area (Å²) in [6, 6.07) is 0. The third-order valence-corrected chi connectivity index (χ3v) is 3.66. The summed E-state index contributed by atoms with van der Waals surface area (Å²) in [6.07, 6.45) is 4.46. The molecular weight excluding hydrogens is 274 g/mol. The number of thioether (sulfide) groups is 1. The van der Waals surface area contributed by atoms with Crippen molar-refractivity contribution in [3.63, 3.8) is 0 Å². The highest BCUT2D eigenvalue weighted by molar-refractivity contribution is 7.98. The van der Waals surface area contributed by atoms with Crippen LogP contribution < -0.4 is 5.32 Å². The number of unbranched alkanes of at least 4 members (excludes halogenated alkanes) is 1. The van der Waals surface area contributed by atoms with E-state index in [4.69, 9.17) is 14.2 Å². The zero-order chi connectivity index (χ0) is 14.9. The summed E-state index contributed by atoms with van der Waals surface area (Å²) in [6.45, 7) is 10.7. The van der Waals surface area contributed by atoms with Gasteiger partial charge in [-0.1, -0.05) is 20.3 Å². The van der Waals surface area contributed by atoms with Crippen molar-refractivity contribution in [2.45, 2.75) is 26.7 Å². The molecule has 0 saturated carbocycles. The maximum absolute atomic E-state index is 5.49. The van der Waals surface area contributed by atoms with Gasteiger partial charge < -0.3 is 19.5 Å². The average Bonchev–Trinajstić information content (AvgIpc) is 2.44. The molecule has 1 atom stereocenters. The van der Waals surface area contributed by atoms with Crippen molar-refractivity contribution in [1.82, 2.24) is 5.32 Å². The lowest BCUT2D eigenvalue weighted by molar-refractivity contribution is 0.0146. The van der Waals surface area contributed by atoms with Crippen LogP contribution in [0, 0.1) is 5.92 Å². The van der Waals surface area contributed by atoms with Crippen molar-refractivity contribution in [2.24, 2.45) is 5.92 Å². The van der Waals surface area contributed by atoms with Crippen LogP contribution in [0.2, 0.25) is 0 Å². The van der Waals surface area contributed by atoms with Crippen molar-refractivity contribution in [3.8, 4) is 0 Å². The standard InChI is InChI=1S/C15H33NO3S/c1-4-5-7-17-9-11-19-12-10-18-8-6-16-13-15(2)14-20-3/h15-16H,4-14H2,1-3H3. The highest BCUT2D eigenvalue weighted by Gasteiger charge is 1.99. The molecule has 0 fully saturated rings. The van der Waals surface area contributed by atoms with Crippen LogP contribution in [-0.2, 0) is 14.2 Å². The maximum Gasteiger partial charge on any atom is 0.0701 e. The number of hydrogen-bond acceptors (Lipinski definition) is 5. The van der Waals surface area contributed by atoms with Crippen molar-refractivity contribution >= 4 is 11.8 Å². The third-order valence-electron chi connectivity index (χ3n) is 2.75. The van der Waals surface area contributed by atoms with E-state index >= 15 is 0 Å². The average molecular weight is 308 g/mol. The molecule has 0 aromatic carbocycles. The Bertz CT molecular complexity index is 185. The Morgan fingerprint density at radius 2 is 1.55 bits per heavy atom. The summed E-state index contributed by atoms with van der Waals surface area (Å²) in [5.74, 6) is 1.93. The van der Waals surface area contributed by atoms with Gasteiger partial charge in [0.15, 0.2) is 0 Å². The molecule has 0 radical (unpaired) electrons. The molecule has 5 heteroatoms. The first-order chi connectivity index (χ1) is 9.81. The van der Waals surface area contributed by atoms with Crippen LogP contribution in [0.1, 0.15) is 26.7 Å². The number of hydrogen-bond donors (Lipinski definition) is 1. The molecular formula is C15H33NO3S. The first-order valence-corrected chi connectivity index (χ1v) is 9.13. The summed E-state index contributed by atoms with van der Waals surface area (Å²) in [4.78, 5) is 0. The Morgan fingerprint density at radius 1 is 0.950 bits per heavy atom. The van der Waals surface area contributed by atoms with Gasteiger partial charge in [0.2, 0.25) is 0 Å². The molecule has 4 nitrogen and oxygen atoms in total. The molecule has 0 spiro atoms. The molecule has 0 aromatic rings. The topological polar surface area (TPSA) is 39.7 Å². The Kier molecular flexibility index (Phi) is 17.4. The van der Waals surface area contributed by atoms with E-state index < -0.39 is 0 Å². The number of nitrogens with one attached hydrogen (secondary N) is 1. The van der Waals surface area contributed by atoms with Crippen LogP contribution in [0.4, 0.5) is 0 Å². The Morgan fingerprint density at radius 3 is 2.15 bits per heavy atom. The van der Waals surface area contributed by atoms with Crippen LogP contribution in [0.3, 0.4) is 0 Å². The molecule has 0 aromatic heterocycles. The lowest BCUT2D eigenvalue weighted by atomic mass is 10.2. The minimum absolute atomic E-state index is 0.653. The smallest absolute Gasteiger partial charge is 0.0701 e. The predicted octanol–water partition coefficient (Wildman–Crippen LogP) is 2.43. The summed E-state index contributed by atoms with van der Waals surface area (Å²) in [7, 11) is 0. The van der Waals surface area contributed by atoms with E-state index in [2.05, 4.69) is 25.4 Å². The van der Waals surface area contributed by atoms with Gasteiger partial charge in [-0.3, -0.25) is 0 Å². The Balaban J connectivity index is 2.99. The largest absolute Gasteiger partial charge is 0.379 e. The lowest BCUT2D eigenvalue weighted by Crippen LogP contribution is -2.26. The van der Waals surface area contributed by atoms with E-state index in [0.29, 0.717) is 26.4 Å². The molecule has 0 aliphatic carbocycles. The fourth-order valence-electron chi connectivity index (χ4n) is 1.62. The highest BCUT2D eigenvalue weighted by Crippen LogP contribution is 2.02. The molecule has 0 heterocycles. The van der Waals surface area contributed by atoms with E-state index in [9.17, 15) is 0 Å². The zero-order valence-corrected chi connectivity index (χ0v) is 14.3. The SMILES string of the molecule is CCCCOCCOCCOCCNCC(C)CSC. The molecule has 122 valence electrons. The number of rotatable bonds is 16. The minimum atomic E-state index is 0.653. The van der Waals surface area contributed by atoms with E-state index in [1.807, 2.05) is 11.8 Å². The van der Waals surface area contributed by atoms with Gasteiger partial charge in [0.25, 0.3) is 0 Å². The molecule has 0 amide bonds. The first-order valence-electron chi connectivity index (χ1n) is 7.74. The van der Waals surface area contributed by atoms with Crippen molar-refractivity contribution < 1.29 is 14.2 Å². The molecule has 0 rings (SSSR count). The minimum Gasteiger partial charge on any atom is -0.379 e. The molecule has 0 bridgehead atoms. The van der Waals surface area contributed by atoms with Gasteiger partial charge in [-0.05, 0) is 30.9 Å². The van der Waals surface area contributed by atoms with Crippen molar-refractivity contribution in [2.75, 3.05) is 64.7 Å². The number of ether oxygens (including phenoxy) is 3. The molecule has 1 N–H and O–H groups in total. The Labute approximate surface area is 129 Å². The van der Waals surface area contributed by atoms with Gasteiger partial charge in [0.1, 0.15) is 0 Å². The van der Waals surface area contributed by atoms with Gasteiger partial charge in [-0.25, -0.2) is 0 Å². The fraction of sp³-hybridized carbons (Fsp3) is 1.00. The molecule has 0 aliphatic heterocycles. The van der Waals surface area contributed by atoms with Crippen LogP contribution in [0.5, 0.6) is 0 Å². The Hall–Kier alpha value is 0.190. The lowest BCUT2D eigenvalue weighted by Gasteiger charge is -2.11. The highest BCUT2D eigenvalue weighted by atomic mass is 32.2. The third kappa shape index (κ3) is 16.2. The molecule has 1 unspecified atom stereocenters. The fourth-order valence-corrected chi connectivity index (χ4v) is 2.31. The van der Waals surface area contributed by atoms with Crippen LogP contribution in [0.25, 0.3) is 0 Å². The van der Waals surface area contributed by atoms with E-state index in [1.54, 1.807) is 0 Å². The quantitative estimate of drug-likeness (QED) is 0.443. The first kappa shape index (κ1) is 20.2. The second-order valence-electron chi connectivity index (χ2n) is 4.96. The summed E-state index contributed by atoms with van der Waals surface area (Å²) in [5, 5.41) is 3.40. The summed E-state index contributed by atoms with van der Waals surface area (Å²) < 4.78 is 16.3. The monoisotopic (exact) mass is 307 g/mol. The molecule has 0 saturated heterocycles.